The van der Waals surface area contributed by atoms with E-state index in [0.717, 1.165) is 25.7 Å². The monoisotopic (exact) mass is 222 g/mol. The molecule has 3 aliphatic rings. The van der Waals surface area contributed by atoms with Gasteiger partial charge in [-0.15, -0.1) is 0 Å². The van der Waals surface area contributed by atoms with Crippen molar-refractivity contribution in [1.82, 2.24) is 4.90 Å². The van der Waals surface area contributed by atoms with Crippen molar-refractivity contribution in [3.63, 3.8) is 0 Å². The molecule has 0 amide bonds. The van der Waals surface area contributed by atoms with Crippen LogP contribution in [0.4, 0.5) is 0 Å². The molecule has 0 aromatic rings. The van der Waals surface area contributed by atoms with Crippen molar-refractivity contribution in [2.45, 2.75) is 57.0 Å². The van der Waals surface area contributed by atoms with Crippen molar-refractivity contribution in [2.75, 3.05) is 19.6 Å². The molecule has 1 spiro atoms. The van der Waals surface area contributed by atoms with E-state index in [9.17, 15) is 0 Å². The highest BCUT2D eigenvalue weighted by Gasteiger charge is 2.40. The summed E-state index contributed by atoms with van der Waals surface area (Å²) in [5.74, 6) is 0. The molecule has 0 N–H and O–H groups in total. The molecule has 2 fully saturated rings. The molecular weight excluding hydrogens is 200 g/mol. The standard InChI is InChI=1S/C13H22N2O/c1-3-7-13(8-4-1)11-14-12(16-13)15-9-5-2-6-10-15/h1-11H2. The summed E-state index contributed by atoms with van der Waals surface area (Å²) in [7, 11) is 0. The molecule has 1 saturated carbocycles. The van der Waals surface area contributed by atoms with E-state index in [1.807, 2.05) is 0 Å². The van der Waals surface area contributed by atoms with Crippen molar-refractivity contribution >= 4 is 6.02 Å². The van der Waals surface area contributed by atoms with E-state index in [0.29, 0.717) is 0 Å². The highest BCUT2D eigenvalue weighted by Crippen LogP contribution is 2.35. The van der Waals surface area contributed by atoms with Crippen LogP contribution in [-0.4, -0.2) is 36.2 Å². The number of rotatable bonds is 0. The first-order valence-electron chi connectivity index (χ1n) is 6.86. The average molecular weight is 222 g/mol. The Bertz CT molecular complexity index is 276. The van der Waals surface area contributed by atoms with Crippen molar-refractivity contribution in [3.05, 3.63) is 0 Å². The Balaban J connectivity index is 1.62. The number of nitrogens with zero attached hydrogens (tertiary/aromatic N) is 2. The second kappa shape index (κ2) is 4.27. The molecule has 0 aromatic carbocycles. The maximum Gasteiger partial charge on any atom is 0.288 e. The minimum atomic E-state index is 0.102. The third kappa shape index (κ3) is 1.92. The highest BCUT2D eigenvalue weighted by molar-refractivity contribution is 5.76. The smallest absolute Gasteiger partial charge is 0.288 e. The molecule has 2 heterocycles. The fourth-order valence-corrected chi connectivity index (χ4v) is 3.18. The number of ether oxygens (including phenoxy) is 1. The van der Waals surface area contributed by atoms with Gasteiger partial charge in [0.15, 0.2) is 0 Å². The molecule has 1 saturated heterocycles. The van der Waals surface area contributed by atoms with Gasteiger partial charge >= 0.3 is 0 Å². The molecule has 16 heavy (non-hydrogen) atoms. The summed E-state index contributed by atoms with van der Waals surface area (Å²) in [6.45, 7) is 3.21. The topological polar surface area (TPSA) is 24.8 Å². The second-order valence-electron chi connectivity index (χ2n) is 5.49. The first kappa shape index (κ1) is 10.4. The maximum absolute atomic E-state index is 6.21. The van der Waals surface area contributed by atoms with Gasteiger partial charge in [0.05, 0.1) is 6.54 Å². The van der Waals surface area contributed by atoms with E-state index in [2.05, 4.69) is 9.89 Å². The summed E-state index contributed by atoms with van der Waals surface area (Å²) >= 11 is 0. The van der Waals surface area contributed by atoms with Crippen LogP contribution in [0, 0.1) is 0 Å². The third-order valence-corrected chi connectivity index (χ3v) is 4.20. The first-order chi connectivity index (χ1) is 7.88. The van der Waals surface area contributed by atoms with Crippen LogP contribution < -0.4 is 0 Å². The van der Waals surface area contributed by atoms with Crippen LogP contribution in [0.25, 0.3) is 0 Å². The van der Waals surface area contributed by atoms with Crippen LogP contribution in [0.2, 0.25) is 0 Å². The molecule has 0 aromatic heterocycles. The predicted octanol–water partition coefficient (Wildman–Crippen LogP) is 2.56. The second-order valence-corrected chi connectivity index (χ2v) is 5.49. The van der Waals surface area contributed by atoms with E-state index >= 15 is 0 Å². The number of amidine groups is 1. The zero-order chi connectivity index (χ0) is 10.8. The van der Waals surface area contributed by atoms with E-state index < -0.39 is 0 Å². The summed E-state index contributed by atoms with van der Waals surface area (Å²) in [4.78, 5) is 7.01. The summed E-state index contributed by atoms with van der Waals surface area (Å²) in [5, 5.41) is 0. The molecule has 0 atom stereocenters. The summed E-state index contributed by atoms with van der Waals surface area (Å²) < 4.78 is 6.21. The van der Waals surface area contributed by atoms with Gasteiger partial charge in [-0.2, -0.15) is 0 Å². The van der Waals surface area contributed by atoms with Crippen LogP contribution in [0.15, 0.2) is 4.99 Å². The Morgan fingerprint density at radius 1 is 0.938 bits per heavy atom. The van der Waals surface area contributed by atoms with Crippen molar-refractivity contribution in [2.24, 2.45) is 4.99 Å². The van der Waals surface area contributed by atoms with Gasteiger partial charge in [-0.3, -0.25) is 0 Å². The van der Waals surface area contributed by atoms with E-state index in [1.54, 1.807) is 0 Å². The maximum atomic E-state index is 6.21. The molecule has 0 bridgehead atoms. The van der Waals surface area contributed by atoms with Crippen molar-refractivity contribution in [1.29, 1.82) is 0 Å². The van der Waals surface area contributed by atoms with Gasteiger partial charge in [-0.25, -0.2) is 4.99 Å². The zero-order valence-electron chi connectivity index (χ0n) is 10.1. The quantitative estimate of drug-likeness (QED) is 0.629. The normalized spacial score (nSPS) is 29.0. The molecule has 0 radical (unpaired) electrons. The third-order valence-electron chi connectivity index (χ3n) is 4.20. The van der Waals surface area contributed by atoms with E-state index in [-0.39, 0.29) is 5.60 Å². The molecular formula is C13H22N2O. The number of piperidine rings is 1. The van der Waals surface area contributed by atoms with Crippen molar-refractivity contribution < 1.29 is 4.74 Å². The minimum Gasteiger partial charge on any atom is -0.457 e. The first-order valence-corrected chi connectivity index (χ1v) is 6.86. The van der Waals surface area contributed by atoms with E-state index in [1.165, 1.54) is 51.4 Å². The highest BCUT2D eigenvalue weighted by atomic mass is 16.5. The number of likely N-dealkylation sites (tertiary alicyclic amines) is 1. The lowest BCUT2D eigenvalue weighted by Crippen LogP contribution is -2.41. The van der Waals surface area contributed by atoms with E-state index in [4.69, 9.17) is 4.74 Å². The Morgan fingerprint density at radius 2 is 1.62 bits per heavy atom. The average Bonchev–Trinajstić information content (AvgIpc) is 2.75. The van der Waals surface area contributed by atoms with Gasteiger partial charge in [0.25, 0.3) is 6.02 Å². The van der Waals surface area contributed by atoms with Gasteiger partial charge in [-0.1, -0.05) is 6.42 Å². The molecule has 3 heteroatoms. The van der Waals surface area contributed by atoms with Gasteiger partial charge in [0.2, 0.25) is 0 Å². The number of hydrogen-bond donors (Lipinski definition) is 0. The molecule has 2 aliphatic heterocycles. The molecule has 3 nitrogen and oxygen atoms in total. The van der Waals surface area contributed by atoms with Crippen LogP contribution in [-0.2, 0) is 4.74 Å². The molecule has 90 valence electrons. The summed E-state index contributed by atoms with van der Waals surface area (Å²) in [6, 6.07) is 0.960. The minimum absolute atomic E-state index is 0.102. The van der Waals surface area contributed by atoms with Gasteiger partial charge in [0.1, 0.15) is 5.60 Å². The van der Waals surface area contributed by atoms with Gasteiger partial charge in [-0.05, 0) is 44.9 Å². The van der Waals surface area contributed by atoms with Crippen molar-refractivity contribution in [3.8, 4) is 0 Å². The summed E-state index contributed by atoms with van der Waals surface area (Å²) in [6.07, 6.45) is 10.4. The SMILES string of the molecule is C1CCN(C2=NCC3(CCCCC3)O2)CC1. The van der Waals surface area contributed by atoms with Crippen LogP contribution in [0.5, 0.6) is 0 Å². The van der Waals surface area contributed by atoms with Crippen LogP contribution in [0.3, 0.4) is 0 Å². The zero-order valence-corrected chi connectivity index (χ0v) is 10.1. The summed E-state index contributed by atoms with van der Waals surface area (Å²) in [5.41, 5.74) is 0.102. The number of hydrogen-bond acceptors (Lipinski definition) is 3. The van der Waals surface area contributed by atoms with Gasteiger partial charge in [0, 0.05) is 13.1 Å². The lowest BCUT2D eigenvalue weighted by molar-refractivity contribution is 0.0301. The van der Waals surface area contributed by atoms with Crippen LogP contribution >= 0.6 is 0 Å². The molecule has 3 rings (SSSR count). The molecule has 1 aliphatic carbocycles. The fourth-order valence-electron chi connectivity index (χ4n) is 3.18. The predicted molar refractivity (Wildman–Crippen MR) is 64.6 cm³/mol. The Labute approximate surface area is 97.9 Å². The van der Waals surface area contributed by atoms with Crippen LogP contribution in [0.1, 0.15) is 51.4 Å². The molecule has 0 unspecified atom stereocenters. The Hall–Kier alpha value is -0.730. The largest absolute Gasteiger partial charge is 0.457 e. The van der Waals surface area contributed by atoms with Gasteiger partial charge < -0.3 is 9.64 Å². The Kier molecular flexibility index (Phi) is 2.78. The fraction of sp³-hybridized carbons (Fsp3) is 0.923. The number of aliphatic imine (C=N–C) groups is 1. The lowest BCUT2D eigenvalue weighted by atomic mass is 9.85. The lowest BCUT2D eigenvalue weighted by Gasteiger charge is -2.35. The Morgan fingerprint density at radius 3 is 2.38 bits per heavy atom.